The molecule has 0 radical (unpaired) electrons. The number of nitrogens with zero attached hydrogens (tertiary/aromatic N) is 1. The topological polar surface area (TPSA) is 71.1 Å². The first-order valence-electron chi connectivity index (χ1n) is 8.80. The molecule has 2 N–H and O–H groups in total. The SMILES string of the molecule is CC(C)C(=O)NCCCCCCC(=O)Nc1nc2c(s1)CCC=C2.[HH].[HH]. The molecule has 6 heteroatoms. The summed E-state index contributed by atoms with van der Waals surface area (Å²) in [5.41, 5.74) is 1.00. The van der Waals surface area contributed by atoms with Crippen LogP contribution in [0.3, 0.4) is 0 Å². The van der Waals surface area contributed by atoms with Gasteiger partial charge in [0.25, 0.3) is 0 Å². The van der Waals surface area contributed by atoms with Crippen LogP contribution in [0.4, 0.5) is 5.13 Å². The lowest BCUT2D eigenvalue weighted by molar-refractivity contribution is -0.124. The van der Waals surface area contributed by atoms with Crippen LogP contribution in [-0.4, -0.2) is 23.3 Å². The predicted octanol–water partition coefficient (Wildman–Crippen LogP) is 4.26. The number of hydrogen-bond donors (Lipinski definition) is 2. The Morgan fingerprint density at radius 1 is 1.29 bits per heavy atom. The molecule has 1 aromatic rings. The Morgan fingerprint density at radius 2 is 2.08 bits per heavy atom. The van der Waals surface area contributed by atoms with Crippen LogP contribution in [0.1, 0.15) is 65.8 Å². The maximum absolute atomic E-state index is 12.0. The van der Waals surface area contributed by atoms with Gasteiger partial charge >= 0.3 is 0 Å². The van der Waals surface area contributed by atoms with Gasteiger partial charge < -0.3 is 10.6 Å². The van der Waals surface area contributed by atoms with Gasteiger partial charge in [-0.15, -0.1) is 11.3 Å². The first-order chi connectivity index (χ1) is 11.6. The van der Waals surface area contributed by atoms with Crippen molar-refractivity contribution in [3.8, 4) is 0 Å². The molecular weight excluding hydrogens is 322 g/mol. The number of anilines is 1. The van der Waals surface area contributed by atoms with Crippen molar-refractivity contribution >= 4 is 34.4 Å². The van der Waals surface area contributed by atoms with E-state index in [-0.39, 0.29) is 20.6 Å². The molecule has 5 nitrogen and oxygen atoms in total. The third-order valence-corrected chi connectivity index (χ3v) is 4.99. The molecule has 2 rings (SSSR count). The largest absolute Gasteiger partial charge is 0.356 e. The van der Waals surface area contributed by atoms with Crippen LogP contribution in [0.5, 0.6) is 0 Å². The first kappa shape index (κ1) is 18.6. The zero-order valence-corrected chi connectivity index (χ0v) is 15.4. The van der Waals surface area contributed by atoms with Crippen LogP contribution in [0, 0.1) is 5.92 Å². The van der Waals surface area contributed by atoms with Crippen LogP contribution in [0.15, 0.2) is 6.08 Å². The zero-order valence-electron chi connectivity index (χ0n) is 14.6. The summed E-state index contributed by atoms with van der Waals surface area (Å²) in [7, 11) is 0. The number of carbonyl (C=O) groups is 2. The van der Waals surface area contributed by atoms with E-state index < -0.39 is 0 Å². The van der Waals surface area contributed by atoms with Crippen molar-refractivity contribution in [1.82, 2.24) is 10.3 Å². The van der Waals surface area contributed by atoms with Crippen molar-refractivity contribution in [3.63, 3.8) is 0 Å². The minimum Gasteiger partial charge on any atom is -0.356 e. The first-order valence-corrected chi connectivity index (χ1v) is 9.61. The minimum absolute atomic E-state index is 0. The lowest BCUT2D eigenvalue weighted by Crippen LogP contribution is -2.28. The maximum atomic E-state index is 12.0. The second-order valence-corrected chi connectivity index (χ2v) is 7.51. The molecule has 1 aliphatic carbocycles. The summed E-state index contributed by atoms with van der Waals surface area (Å²) in [5.74, 6) is 0.189. The van der Waals surface area contributed by atoms with Crippen molar-refractivity contribution in [2.75, 3.05) is 11.9 Å². The van der Waals surface area contributed by atoms with Crippen molar-refractivity contribution in [3.05, 3.63) is 16.6 Å². The molecule has 0 aromatic carbocycles. The fourth-order valence-electron chi connectivity index (χ4n) is 2.50. The van der Waals surface area contributed by atoms with E-state index >= 15 is 0 Å². The van der Waals surface area contributed by atoms with E-state index in [1.54, 1.807) is 11.3 Å². The van der Waals surface area contributed by atoms with E-state index in [1.165, 1.54) is 4.88 Å². The highest BCUT2D eigenvalue weighted by atomic mass is 32.1. The molecule has 0 bridgehead atoms. The molecule has 0 saturated carbocycles. The summed E-state index contributed by atoms with van der Waals surface area (Å²) in [5, 5.41) is 6.53. The number of amides is 2. The van der Waals surface area contributed by atoms with Crippen LogP contribution in [0.25, 0.3) is 6.08 Å². The highest BCUT2D eigenvalue weighted by Crippen LogP contribution is 2.28. The highest BCUT2D eigenvalue weighted by molar-refractivity contribution is 7.16. The van der Waals surface area contributed by atoms with E-state index in [4.69, 9.17) is 0 Å². The smallest absolute Gasteiger partial charge is 0.226 e. The van der Waals surface area contributed by atoms with Gasteiger partial charge in [-0.2, -0.15) is 0 Å². The standard InChI is InChI=1S/C18H27N3O2S.2H2/c1-13(2)17(23)19-12-8-4-3-5-11-16(22)21-18-20-14-9-6-7-10-15(14)24-18;;/h6,9,13H,3-5,7-8,10-12H2,1-2H3,(H,19,23)(H,20,21,22);2*1H. The van der Waals surface area contributed by atoms with Crippen LogP contribution >= 0.6 is 11.3 Å². The normalized spacial score (nSPS) is 13.0. The van der Waals surface area contributed by atoms with Gasteiger partial charge in [-0.05, 0) is 31.8 Å². The van der Waals surface area contributed by atoms with E-state index in [9.17, 15) is 9.59 Å². The predicted molar refractivity (Wildman–Crippen MR) is 103 cm³/mol. The second-order valence-electron chi connectivity index (χ2n) is 6.43. The minimum atomic E-state index is 0. The van der Waals surface area contributed by atoms with Gasteiger partial charge in [-0.25, -0.2) is 4.98 Å². The number of thiazole rings is 1. The Kier molecular flexibility index (Phi) is 7.43. The Morgan fingerprint density at radius 3 is 2.83 bits per heavy atom. The fourth-order valence-corrected chi connectivity index (χ4v) is 3.48. The number of fused-ring (bicyclic) bond motifs is 1. The number of aromatic nitrogens is 1. The lowest BCUT2D eigenvalue weighted by atomic mass is 10.1. The van der Waals surface area contributed by atoms with E-state index in [0.29, 0.717) is 11.6 Å². The molecule has 0 aliphatic heterocycles. The summed E-state index contributed by atoms with van der Waals surface area (Å²) >= 11 is 1.58. The molecule has 2 amide bonds. The van der Waals surface area contributed by atoms with Gasteiger partial charge in [0.05, 0.1) is 5.69 Å². The molecule has 1 aliphatic rings. The molecule has 0 saturated heterocycles. The van der Waals surface area contributed by atoms with Crippen LogP contribution in [0.2, 0.25) is 0 Å². The summed E-state index contributed by atoms with van der Waals surface area (Å²) < 4.78 is 0. The molecule has 136 valence electrons. The molecule has 24 heavy (non-hydrogen) atoms. The number of hydrogen-bond acceptors (Lipinski definition) is 4. The van der Waals surface area contributed by atoms with Gasteiger partial charge in [0.2, 0.25) is 11.8 Å². The summed E-state index contributed by atoms with van der Waals surface area (Å²) in [6.45, 7) is 4.51. The quantitative estimate of drug-likeness (QED) is 0.652. The molecule has 0 fully saturated rings. The number of carbonyl (C=O) groups excluding carboxylic acids is 2. The van der Waals surface area contributed by atoms with Gasteiger partial charge in [-0.3, -0.25) is 9.59 Å². The van der Waals surface area contributed by atoms with Crippen molar-refractivity contribution < 1.29 is 12.4 Å². The molecule has 0 spiro atoms. The molecule has 0 unspecified atom stereocenters. The van der Waals surface area contributed by atoms with Crippen molar-refractivity contribution in [2.24, 2.45) is 5.92 Å². The van der Waals surface area contributed by atoms with Gasteiger partial charge in [0, 0.05) is 26.6 Å². The highest BCUT2D eigenvalue weighted by Gasteiger charge is 2.13. The van der Waals surface area contributed by atoms with Gasteiger partial charge in [-0.1, -0.05) is 32.8 Å². The Bertz CT molecular complexity index is 603. The van der Waals surface area contributed by atoms with Crippen molar-refractivity contribution in [1.29, 1.82) is 0 Å². The average molecular weight is 354 g/mol. The summed E-state index contributed by atoms with van der Waals surface area (Å²) in [6, 6.07) is 0. The Labute approximate surface area is 150 Å². The van der Waals surface area contributed by atoms with Gasteiger partial charge in [0.1, 0.15) is 0 Å². The molecule has 1 aromatic heterocycles. The van der Waals surface area contributed by atoms with E-state index in [2.05, 4.69) is 21.7 Å². The maximum Gasteiger partial charge on any atom is 0.226 e. The number of aryl methyl sites for hydroxylation is 1. The second kappa shape index (κ2) is 9.57. The van der Waals surface area contributed by atoms with E-state index in [1.807, 2.05) is 19.9 Å². The number of rotatable bonds is 9. The number of nitrogens with one attached hydrogen (secondary N) is 2. The monoisotopic (exact) mass is 353 g/mol. The number of allylic oxidation sites excluding steroid dienone is 1. The third kappa shape index (κ3) is 6.07. The molecule has 1 heterocycles. The molecule has 0 atom stereocenters. The van der Waals surface area contributed by atoms with Crippen molar-refractivity contribution in [2.45, 2.75) is 58.8 Å². The lowest BCUT2D eigenvalue weighted by Gasteiger charge is -2.07. The third-order valence-electron chi connectivity index (χ3n) is 3.94. The Balaban J connectivity index is 0.00000312. The zero-order chi connectivity index (χ0) is 17.4. The average Bonchev–Trinajstić information content (AvgIpc) is 2.95. The number of unbranched alkanes of at least 4 members (excludes halogenated alkanes) is 3. The Hall–Kier alpha value is -1.69. The van der Waals surface area contributed by atoms with Gasteiger partial charge in [0.15, 0.2) is 5.13 Å². The van der Waals surface area contributed by atoms with Crippen LogP contribution in [-0.2, 0) is 16.0 Å². The van der Waals surface area contributed by atoms with E-state index in [0.717, 1.165) is 50.8 Å². The summed E-state index contributed by atoms with van der Waals surface area (Å²) in [4.78, 5) is 29.1. The molecular formula is C18H31N3O2S. The summed E-state index contributed by atoms with van der Waals surface area (Å²) in [6.07, 6.45) is 10.6. The van der Waals surface area contributed by atoms with Crippen LogP contribution < -0.4 is 10.6 Å². The fraction of sp³-hybridized carbons (Fsp3) is 0.611.